The number of nitrogens with one attached hydrogen (secondary N) is 1. The Hall–Kier alpha value is -3.18. The molecule has 0 saturated carbocycles. The van der Waals surface area contributed by atoms with Crippen LogP contribution in [0.4, 0.5) is 9.18 Å². The first-order chi connectivity index (χ1) is 15.6. The van der Waals surface area contributed by atoms with Crippen molar-refractivity contribution >= 4 is 22.0 Å². The Morgan fingerprint density at radius 3 is 2.45 bits per heavy atom. The Morgan fingerprint density at radius 2 is 1.85 bits per heavy atom. The molecule has 0 aliphatic carbocycles. The lowest BCUT2D eigenvalue weighted by atomic mass is 10.1. The fraction of sp³-hybridized carbons (Fsp3) is 0.364. The Balaban J connectivity index is 1.78. The summed E-state index contributed by atoms with van der Waals surface area (Å²) in [6.45, 7) is 3.33. The van der Waals surface area contributed by atoms with E-state index in [1.54, 1.807) is 6.07 Å². The van der Waals surface area contributed by atoms with Gasteiger partial charge in [0.25, 0.3) is 0 Å². The van der Waals surface area contributed by atoms with Crippen molar-refractivity contribution in [2.24, 2.45) is 0 Å². The summed E-state index contributed by atoms with van der Waals surface area (Å²) in [5.41, 5.74) is 1.53. The van der Waals surface area contributed by atoms with Crippen molar-refractivity contribution in [3.05, 3.63) is 59.4 Å². The van der Waals surface area contributed by atoms with Crippen LogP contribution in [-0.2, 0) is 21.4 Å². The highest BCUT2D eigenvalue weighted by Gasteiger charge is 2.46. The summed E-state index contributed by atoms with van der Waals surface area (Å²) in [6, 6.07) is 7.18. The lowest BCUT2D eigenvalue weighted by Gasteiger charge is -2.43. The molecule has 3 rings (SSSR count). The van der Waals surface area contributed by atoms with Crippen LogP contribution in [0.15, 0.2) is 47.4 Å². The Bertz CT molecular complexity index is 1140. The summed E-state index contributed by atoms with van der Waals surface area (Å²) < 4.78 is 46.5. The average Bonchev–Trinajstić information content (AvgIpc) is 2.78. The summed E-state index contributed by atoms with van der Waals surface area (Å²) >= 11 is 0. The van der Waals surface area contributed by atoms with Crippen LogP contribution in [0.25, 0.3) is 0 Å². The zero-order valence-electron chi connectivity index (χ0n) is 18.5. The number of hydrogen-bond donors (Lipinski definition) is 2. The number of urea groups is 1. The number of carboxylic acid groups (broad SMARTS) is 1. The first-order valence-electron chi connectivity index (χ1n) is 10.3. The molecule has 1 aliphatic heterocycles. The van der Waals surface area contributed by atoms with E-state index >= 15 is 0 Å². The van der Waals surface area contributed by atoms with Gasteiger partial charge in [0.1, 0.15) is 24.2 Å². The lowest BCUT2D eigenvalue weighted by Crippen LogP contribution is -2.64. The van der Waals surface area contributed by atoms with Gasteiger partial charge >= 0.3 is 12.0 Å². The largest absolute Gasteiger partial charge is 0.489 e. The van der Waals surface area contributed by atoms with Gasteiger partial charge in [0.2, 0.25) is 10.0 Å². The van der Waals surface area contributed by atoms with Crippen molar-refractivity contribution < 1.29 is 32.2 Å². The Kier molecular flexibility index (Phi) is 7.23. The van der Waals surface area contributed by atoms with E-state index in [-0.39, 0.29) is 30.4 Å². The third-order valence-electron chi connectivity index (χ3n) is 5.68. The van der Waals surface area contributed by atoms with E-state index in [1.165, 1.54) is 55.3 Å². The molecule has 0 radical (unpaired) electrons. The van der Waals surface area contributed by atoms with Crippen LogP contribution >= 0.6 is 0 Å². The van der Waals surface area contributed by atoms with Crippen molar-refractivity contribution in [2.45, 2.75) is 37.4 Å². The highest BCUT2D eigenvalue weighted by atomic mass is 32.2. The van der Waals surface area contributed by atoms with Gasteiger partial charge in [-0.2, -0.15) is 4.31 Å². The van der Waals surface area contributed by atoms with Crippen LogP contribution in [0.5, 0.6) is 5.75 Å². The van der Waals surface area contributed by atoms with Gasteiger partial charge in [0, 0.05) is 20.1 Å². The minimum atomic E-state index is -4.15. The van der Waals surface area contributed by atoms with Gasteiger partial charge in [-0.25, -0.2) is 17.6 Å². The number of carbonyl (C=O) groups excluding carboxylic acids is 1. The predicted octanol–water partition coefficient (Wildman–Crippen LogP) is 2.20. The number of piperazine rings is 1. The van der Waals surface area contributed by atoms with E-state index in [0.29, 0.717) is 11.3 Å². The smallest absolute Gasteiger partial charge is 0.324 e. The molecule has 2 aromatic carbocycles. The normalized spacial score (nSPS) is 19.2. The summed E-state index contributed by atoms with van der Waals surface area (Å²) in [7, 11) is -2.73. The maximum Gasteiger partial charge on any atom is 0.324 e. The van der Waals surface area contributed by atoms with Gasteiger partial charge < -0.3 is 20.1 Å². The second-order valence-electron chi connectivity index (χ2n) is 7.72. The van der Waals surface area contributed by atoms with Crippen molar-refractivity contribution in [3.8, 4) is 5.75 Å². The molecular formula is C22H26FN3O6S. The van der Waals surface area contributed by atoms with Gasteiger partial charge in [0.15, 0.2) is 0 Å². The molecule has 0 bridgehead atoms. The van der Waals surface area contributed by atoms with Crippen LogP contribution in [0, 0.1) is 12.7 Å². The number of halogens is 1. The molecule has 2 N–H and O–H groups in total. The lowest BCUT2D eigenvalue weighted by molar-refractivity contribution is -0.144. The van der Waals surface area contributed by atoms with E-state index in [9.17, 15) is 27.5 Å². The molecule has 2 amide bonds. The SMILES string of the molecule is CNC(=O)N1CCN(S(=O)(=O)c2ccc(OCc3cc(F)ccc3C)cc2)C(C(=O)O)C1C. The van der Waals surface area contributed by atoms with Crippen LogP contribution in [0.2, 0.25) is 0 Å². The molecular weight excluding hydrogens is 453 g/mol. The predicted molar refractivity (Wildman–Crippen MR) is 118 cm³/mol. The number of rotatable bonds is 6. The van der Waals surface area contributed by atoms with E-state index in [0.717, 1.165) is 9.87 Å². The summed E-state index contributed by atoms with van der Waals surface area (Å²) in [6.07, 6.45) is 0. The summed E-state index contributed by atoms with van der Waals surface area (Å²) in [5.74, 6) is -1.34. The maximum absolute atomic E-state index is 13.4. The Morgan fingerprint density at radius 1 is 1.18 bits per heavy atom. The number of benzene rings is 2. The van der Waals surface area contributed by atoms with Gasteiger partial charge in [0.05, 0.1) is 10.9 Å². The van der Waals surface area contributed by atoms with Crippen molar-refractivity contribution in [3.63, 3.8) is 0 Å². The maximum atomic E-state index is 13.4. The zero-order valence-corrected chi connectivity index (χ0v) is 19.3. The molecule has 1 fully saturated rings. The molecule has 33 heavy (non-hydrogen) atoms. The number of carbonyl (C=O) groups is 2. The molecule has 11 heteroatoms. The third-order valence-corrected chi connectivity index (χ3v) is 7.58. The quantitative estimate of drug-likeness (QED) is 0.656. The summed E-state index contributed by atoms with van der Waals surface area (Å²) in [4.78, 5) is 25.2. The molecule has 2 aromatic rings. The highest BCUT2D eigenvalue weighted by molar-refractivity contribution is 7.89. The van der Waals surface area contributed by atoms with E-state index < -0.39 is 34.1 Å². The Labute approximate surface area is 191 Å². The third kappa shape index (κ3) is 5.09. The van der Waals surface area contributed by atoms with Gasteiger partial charge in [-0.05, 0) is 61.4 Å². The van der Waals surface area contributed by atoms with Crippen LogP contribution in [-0.4, -0.2) is 67.0 Å². The fourth-order valence-electron chi connectivity index (χ4n) is 3.79. The first-order valence-corrected chi connectivity index (χ1v) is 11.7. The van der Waals surface area contributed by atoms with Gasteiger partial charge in [-0.1, -0.05) is 6.07 Å². The number of nitrogens with zero attached hydrogens (tertiary/aromatic N) is 2. The minimum Gasteiger partial charge on any atom is -0.489 e. The standard InChI is InChI=1S/C22H26FN3O6S/c1-14-4-5-17(23)12-16(14)13-32-18-6-8-19(9-7-18)33(30,31)26-11-10-25(22(29)24-3)15(2)20(26)21(27)28/h4-9,12,15,20H,10-11,13H2,1-3H3,(H,24,29)(H,27,28). The van der Waals surface area contributed by atoms with E-state index in [1.807, 2.05) is 6.92 Å². The highest BCUT2D eigenvalue weighted by Crippen LogP contribution is 2.27. The minimum absolute atomic E-state index is 0.0536. The van der Waals surface area contributed by atoms with Gasteiger partial charge in [-0.3, -0.25) is 4.79 Å². The van der Waals surface area contributed by atoms with Crippen molar-refractivity contribution in [2.75, 3.05) is 20.1 Å². The van der Waals surface area contributed by atoms with Crippen LogP contribution < -0.4 is 10.1 Å². The molecule has 0 spiro atoms. The second-order valence-corrected chi connectivity index (χ2v) is 9.61. The average molecular weight is 480 g/mol. The van der Waals surface area contributed by atoms with Crippen LogP contribution in [0.1, 0.15) is 18.1 Å². The molecule has 1 heterocycles. The van der Waals surface area contributed by atoms with Crippen molar-refractivity contribution in [1.29, 1.82) is 0 Å². The molecule has 178 valence electrons. The molecule has 1 aliphatic rings. The zero-order chi connectivity index (χ0) is 24.3. The number of ether oxygens (including phenoxy) is 1. The molecule has 1 saturated heterocycles. The molecule has 2 atom stereocenters. The van der Waals surface area contributed by atoms with Crippen molar-refractivity contribution in [1.82, 2.24) is 14.5 Å². The van der Waals surface area contributed by atoms with E-state index in [4.69, 9.17) is 4.74 Å². The monoisotopic (exact) mass is 479 g/mol. The summed E-state index contributed by atoms with van der Waals surface area (Å²) in [5, 5.41) is 12.2. The number of carboxylic acids is 1. The van der Waals surface area contributed by atoms with E-state index in [2.05, 4.69) is 5.32 Å². The number of amides is 2. The number of hydrogen-bond acceptors (Lipinski definition) is 5. The molecule has 2 unspecified atom stereocenters. The number of aliphatic carboxylic acids is 1. The topological polar surface area (TPSA) is 116 Å². The first kappa shape index (κ1) is 24.5. The second kappa shape index (κ2) is 9.75. The fourth-order valence-corrected chi connectivity index (χ4v) is 5.43. The molecule has 9 nitrogen and oxygen atoms in total. The number of sulfonamides is 1. The molecule has 0 aromatic heterocycles. The van der Waals surface area contributed by atoms with Gasteiger partial charge in [-0.15, -0.1) is 0 Å². The number of aryl methyl sites for hydroxylation is 1. The van der Waals surface area contributed by atoms with Crippen LogP contribution in [0.3, 0.4) is 0 Å².